The van der Waals surface area contributed by atoms with E-state index in [1.807, 2.05) is 37.3 Å². The molecule has 2 heterocycles. The number of aryl methyl sites for hydroxylation is 1. The van der Waals surface area contributed by atoms with E-state index >= 15 is 0 Å². The van der Waals surface area contributed by atoms with E-state index in [1.54, 1.807) is 6.20 Å². The summed E-state index contributed by atoms with van der Waals surface area (Å²) >= 11 is 0. The Morgan fingerprint density at radius 2 is 2.17 bits per heavy atom. The molecule has 4 heteroatoms. The van der Waals surface area contributed by atoms with E-state index in [-0.39, 0.29) is 0 Å². The third-order valence-corrected chi connectivity index (χ3v) is 2.93. The first kappa shape index (κ1) is 10.9. The lowest BCUT2D eigenvalue weighted by Crippen LogP contribution is -2.04. The van der Waals surface area contributed by atoms with Gasteiger partial charge >= 0.3 is 0 Å². The van der Waals surface area contributed by atoms with Crippen molar-refractivity contribution in [3.05, 3.63) is 47.7 Å². The van der Waals surface area contributed by atoms with E-state index in [0.717, 1.165) is 28.4 Å². The Bertz CT molecular complexity index is 569. The molecule has 1 aromatic carbocycles. The summed E-state index contributed by atoms with van der Waals surface area (Å²) in [5, 5.41) is 3.31. The van der Waals surface area contributed by atoms with Gasteiger partial charge in [-0.15, -0.1) is 0 Å². The molecule has 1 aliphatic heterocycles. The van der Waals surface area contributed by atoms with Gasteiger partial charge in [-0.05, 0) is 24.6 Å². The molecule has 3 rings (SSSR count). The SMILES string of the molecule is Cc1cccnc1NCc1cccc2c1OCO2. The molecule has 18 heavy (non-hydrogen) atoms. The second-order valence-corrected chi connectivity index (χ2v) is 4.17. The van der Waals surface area contributed by atoms with Crippen LogP contribution in [0.25, 0.3) is 0 Å². The molecule has 1 N–H and O–H groups in total. The number of fused-ring (bicyclic) bond motifs is 1. The first-order valence-electron chi connectivity index (χ1n) is 5.87. The van der Waals surface area contributed by atoms with Crippen LogP contribution >= 0.6 is 0 Å². The maximum absolute atomic E-state index is 5.47. The van der Waals surface area contributed by atoms with Crippen molar-refractivity contribution in [1.82, 2.24) is 4.98 Å². The largest absolute Gasteiger partial charge is 0.454 e. The van der Waals surface area contributed by atoms with Crippen molar-refractivity contribution in [2.75, 3.05) is 12.1 Å². The predicted molar refractivity (Wildman–Crippen MR) is 68.9 cm³/mol. The zero-order valence-corrected chi connectivity index (χ0v) is 10.1. The van der Waals surface area contributed by atoms with Crippen LogP contribution in [0.2, 0.25) is 0 Å². The van der Waals surface area contributed by atoms with Gasteiger partial charge in [0.25, 0.3) is 0 Å². The minimum atomic E-state index is 0.301. The molecule has 4 nitrogen and oxygen atoms in total. The van der Waals surface area contributed by atoms with Gasteiger partial charge < -0.3 is 14.8 Å². The van der Waals surface area contributed by atoms with Crippen LogP contribution in [0.1, 0.15) is 11.1 Å². The second kappa shape index (κ2) is 4.56. The number of hydrogen-bond acceptors (Lipinski definition) is 4. The summed E-state index contributed by atoms with van der Waals surface area (Å²) in [7, 11) is 0. The number of benzene rings is 1. The third kappa shape index (κ3) is 1.97. The summed E-state index contributed by atoms with van der Waals surface area (Å²) in [6.45, 7) is 3.00. The van der Waals surface area contributed by atoms with E-state index in [4.69, 9.17) is 9.47 Å². The molecule has 2 aromatic rings. The second-order valence-electron chi connectivity index (χ2n) is 4.17. The molecule has 0 amide bonds. The van der Waals surface area contributed by atoms with Crippen LogP contribution in [0.4, 0.5) is 5.82 Å². The van der Waals surface area contributed by atoms with Crippen molar-refractivity contribution in [3.63, 3.8) is 0 Å². The highest BCUT2D eigenvalue weighted by molar-refractivity contribution is 5.50. The number of nitrogens with one attached hydrogen (secondary N) is 1. The smallest absolute Gasteiger partial charge is 0.231 e. The summed E-state index contributed by atoms with van der Waals surface area (Å²) in [4.78, 5) is 4.30. The fourth-order valence-corrected chi connectivity index (χ4v) is 1.98. The number of hydrogen-bond donors (Lipinski definition) is 1. The van der Waals surface area contributed by atoms with Gasteiger partial charge in [-0.3, -0.25) is 0 Å². The molecular weight excluding hydrogens is 228 g/mol. The van der Waals surface area contributed by atoms with Gasteiger partial charge in [0.05, 0.1) is 0 Å². The summed E-state index contributed by atoms with van der Waals surface area (Å²) < 4.78 is 10.8. The monoisotopic (exact) mass is 242 g/mol. The lowest BCUT2D eigenvalue weighted by molar-refractivity contribution is 0.173. The summed E-state index contributed by atoms with van der Waals surface area (Å²) in [6, 6.07) is 9.87. The summed E-state index contributed by atoms with van der Waals surface area (Å²) in [5.74, 6) is 2.54. The van der Waals surface area contributed by atoms with Gasteiger partial charge in [0.1, 0.15) is 5.82 Å². The van der Waals surface area contributed by atoms with Gasteiger partial charge in [-0.25, -0.2) is 4.98 Å². The Hall–Kier alpha value is -2.23. The highest BCUT2D eigenvalue weighted by atomic mass is 16.7. The van der Waals surface area contributed by atoms with Crippen molar-refractivity contribution >= 4 is 5.82 Å². The predicted octanol–water partition coefficient (Wildman–Crippen LogP) is 2.73. The Labute approximate surface area is 106 Å². The van der Waals surface area contributed by atoms with Gasteiger partial charge in [0.2, 0.25) is 6.79 Å². The van der Waals surface area contributed by atoms with Crippen LogP contribution in [0.15, 0.2) is 36.5 Å². The molecule has 0 unspecified atom stereocenters. The highest BCUT2D eigenvalue weighted by Gasteiger charge is 2.16. The third-order valence-electron chi connectivity index (χ3n) is 2.93. The normalized spacial score (nSPS) is 12.5. The minimum absolute atomic E-state index is 0.301. The molecule has 0 saturated heterocycles. The molecule has 0 aliphatic carbocycles. The zero-order valence-electron chi connectivity index (χ0n) is 10.1. The quantitative estimate of drug-likeness (QED) is 0.898. The Morgan fingerprint density at radius 1 is 1.22 bits per heavy atom. The van der Waals surface area contributed by atoms with E-state index < -0.39 is 0 Å². The summed E-state index contributed by atoms with van der Waals surface area (Å²) in [5.41, 5.74) is 2.21. The maximum atomic E-state index is 5.47. The van der Waals surface area contributed by atoms with E-state index in [9.17, 15) is 0 Å². The lowest BCUT2D eigenvalue weighted by Gasteiger charge is -2.09. The number of rotatable bonds is 3. The number of para-hydroxylation sites is 1. The Balaban J connectivity index is 1.78. The minimum Gasteiger partial charge on any atom is -0.454 e. The van der Waals surface area contributed by atoms with Crippen LogP contribution in [0.5, 0.6) is 11.5 Å². The molecular formula is C14H14N2O2. The topological polar surface area (TPSA) is 43.4 Å². The van der Waals surface area contributed by atoms with Gasteiger partial charge in [-0.1, -0.05) is 18.2 Å². The van der Waals surface area contributed by atoms with Crippen LogP contribution in [0.3, 0.4) is 0 Å². The molecule has 0 fully saturated rings. The average molecular weight is 242 g/mol. The van der Waals surface area contributed by atoms with Crippen LogP contribution in [0, 0.1) is 6.92 Å². The van der Waals surface area contributed by atoms with Crippen molar-refractivity contribution in [2.24, 2.45) is 0 Å². The summed E-state index contributed by atoms with van der Waals surface area (Å²) in [6.07, 6.45) is 1.78. The van der Waals surface area contributed by atoms with E-state index in [2.05, 4.69) is 10.3 Å². The number of aromatic nitrogens is 1. The molecule has 1 aromatic heterocycles. The molecule has 1 aliphatic rings. The first-order chi connectivity index (χ1) is 8.84. The molecule has 0 radical (unpaired) electrons. The van der Waals surface area contributed by atoms with Crippen LogP contribution < -0.4 is 14.8 Å². The molecule has 0 spiro atoms. The first-order valence-corrected chi connectivity index (χ1v) is 5.87. The number of nitrogens with zero attached hydrogens (tertiary/aromatic N) is 1. The fraction of sp³-hybridized carbons (Fsp3) is 0.214. The standard InChI is InChI=1S/C14H14N2O2/c1-10-4-3-7-15-14(10)16-8-11-5-2-6-12-13(11)18-9-17-12/h2-7H,8-9H2,1H3,(H,15,16). The van der Waals surface area contributed by atoms with Crippen molar-refractivity contribution in [3.8, 4) is 11.5 Å². The lowest BCUT2D eigenvalue weighted by atomic mass is 10.2. The average Bonchev–Trinajstić information content (AvgIpc) is 2.86. The molecule has 92 valence electrons. The van der Waals surface area contributed by atoms with Crippen LogP contribution in [-0.4, -0.2) is 11.8 Å². The van der Waals surface area contributed by atoms with Gasteiger partial charge in [0.15, 0.2) is 11.5 Å². The molecule has 0 saturated carbocycles. The molecule has 0 atom stereocenters. The van der Waals surface area contributed by atoms with E-state index in [0.29, 0.717) is 13.3 Å². The number of ether oxygens (including phenoxy) is 2. The maximum Gasteiger partial charge on any atom is 0.231 e. The van der Waals surface area contributed by atoms with Crippen molar-refractivity contribution in [1.29, 1.82) is 0 Å². The number of pyridine rings is 1. The molecule has 0 bridgehead atoms. The van der Waals surface area contributed by atoms with Gasteiger partial charge in [-0.2, -0.15) is 0 Å². The fourth-order valence-electron chi connectivity index (χ4n) is 1.98. The van der Waals surface area contributed by atoms with E-state index in [1.165, 1.54) is 0 Å². The van der Waals surface area contributed by atoms with Crippen molar-refractivity contribution < 1.29 is 9.47 Å². The van der Waals surface area contributed by atoms with Crippen molar-refractivity contribution in [2.45, 2.75) is 13.5 Å². The van der Waals surface area contributed by atoms with Gasteiger partial charge in [0, 0.05) is 18.3 Å². The van der Waals surface area contributed by atoms with Crippen LogP contribution in [-0.2, 0) is 6.54 Å². The Morgan fingerprint density at radius 3 is 3.06 bits per heavy atom. The highest BCUT2D eigenvalue weighted by Crippen LogP contribution is 2.35. The zero-order chi connectivity index (χ0) is 12.4. The Kier molecular flexibility index (Phi) is 2.76. The number of anilines is 1.